The van der Waals surface area contributed by atoms with Crippen molar-refractivity contribution < 1.29 is 9.72 Å². The number of nitro groups is 1. The van der Waals surface area contributed by atoms with Crippen molar-refractivity contribution in [1.29, 1.82) is 0 Å². The molecular weight excluding hydrogens is 382 g/mol. The van der Waals surface area contributed by atoms with Gasteiger partial charge in [-0.25, -0.2) is 0 Å². The smallest absolute Gasteiger partial charge is 0.322 e. The molecule has 2 aromatic rings. The van der Waals surface area contributed by atoms with Gasteiger partial charge in [0.25, 0.3) is 5.91 Å². The molecule has 2 N–H and O–H groups in total. The summed E-state index contributed by atoms with van der Waals surface area (Å²) in [5.74, 6) is 0.826. The zero-order valence-electron chi connectivity index (χ0n) is 18.0. The van der Waals surface area contributed by atoms with E-state index < -0.39 is 10.8 Å². The van der Waals surface area contributed by atoms with E-state index in [4.69, 9.17) is 0 Å². The van der Waals surface area contributed by atoms with Crippen molar-refractivity contribution in [2.24, 2.45) is 11.8 Å². The van der Waals surface area contributed by atoms with Gasteiger partial charge in [0.15, 0.2) is 0 Å². The van der Waals surface area contributed by atoms with Crippen LogP contribution in [0.5, 0.6) is 0 Å². The molecule has 1 aliphatic heterocycles. The molecule has 1 aromatic heterocycles. The number of amides is 1. The summed E-state index contributed by atoms with van der Waals surface area (Å²) in [5.41, 5.74) is 2.20. The molecule has 0 radical (unpaired) electrons. The highest BCUT2D eigenvalue weighted by atomic mass is 16.6. The van der Waals surface area contributed by atoms with Crippen LogP contribution in [0.4, 0.5) is 5.69 Å². The fourth-order valence-electron chi connectivity index (χ4n) is 4.46. The van der Waals surface area contributed by atoms with Crippen LogP contribution in [0.2, 0.25) is 0 Å². The predicted octanol–water partition coefficient (Wildman–Crippen LogP) is 3.68. The summed E-state index contributed by atoms with van der Waals surface area (Å²) in [6.45, 7) is 9.79. The molecule has 0 spiro atoms. The molecule has 1 saturated heterocycles. The maximum atomic E-state index is 12.6. The van der Waals surface area contributed by atoms with Crippen LogP contribution in [0.3, 0.4) is 0 Å². The lowest BCUT2D eigenvalue weighted by Gasteiger charge is -2.35. The zero-order chi connectivity index (χ0) is 21.7. The van der Waals surface area contributed by atoms with Crippen LogP contribution < -0.4 is 5.32 Å². The van der Waals surface area contributed by atoms with Crippen molar-refractivity contribution in [2.45, 2.75) is 53.1 Å². The molecule has 0 saturated carbocycles. The van der Waals surface area contributed by atoms with Gasteiger partial charge in [0.05, 0.1) is 4.92 Å². The largest absolute Gasteiger partial charge is 0.346 e. The Morgan fingerprint density at radius 3 is 2.57 bits per heavy atom. The van der Waals surface area contributed by atoms with E-state index in [1.807, 2.05) is 25.1 Å². The third kappa shape index (κ3) is 5.24. The van der Waals surface area contributed by atoms with Gasteiger partial charge in [-0.15, -0.1) is 0 Å². The number of H-pyrrole nitrogens is 1. The summed E-state index contributed by atoms with van der Waals surface area (Å²) in [7, 11) is 0. The number of carbonyl (C=O) groups is 1. The molecular formula is C22H31N5O3. The second kappa shape index (κ2) is 9.84. The van der Waals surface area contributed by atoms with Gasteiger partial charge in [-0.2, -0.15) is 5.10 Å². The maximum Gasteiger partial charge on any atom is 0.322 e. The third-order valence-corrected chi connectivity index (χ3v) is 5.61. The lowest BCUT2D eigenvalue weighted by atomic mass is 9.91. The molecule has 0 bridgehead atoms. The first kappa shape index (κ1) is 22.0. The Morgan fingerprint density at radius 2 is 1.93 bits per heavy atom. The van der Waals surface area contributed by atoms with E-state index in [1.54, 1.807) is 0 Å². The van der Waals surface area contributed by atoms with E-state index >= 15 is 0 Å². The second-order valence-electron chi connectivity index (χ2n) is 8.50. The third-order valence-electron chi connectivity index (χ3n) is 5.61. The van der Waals surface area contributed by atoms with Gasteiger partial charge in [0.1, 0.15) is 5.69 Å². The monoisotopic (exact) mass is 413 g/mol. The molecule has 8 nitrogen and oxygen atoms in total. The average Bonchev–Trinajstić information content (AvgIpc) is 3.11. The second-order valence-corrected chi connectivity index (χ2v) is 8.50. The molecule has 2 heterocycles. The van der Waals surface area contributed by atoms with Crippen LogP contribution in [-0.2, 0) is 19.5 Å². The van der Waals surface area contributed by atoms with Crippen molar-refractivity contribution in [1.82, 2.24) is 20.4 Å². The van der Waals surface area contributed by atoms with E-state index in [1.165, 1.54) is 12.0 Å². The number of aromatic amines is 1. The summed E-state index contributed by atoms with van der Waals surface area (Å²) in [5, 5.41) is 20.8. The van der Waals surface area contributed by atoms with Gasteiger partial charge in [0.2, 0.25) is 5.69 Å². The van der Waals surface area contributed by atoms with Crippen molar-refractivity contribution >= 4 is 11.6 Å². The minimum atomic E-state index is -0.532. The Kier molecular flexibility index (Phi) is 7.20. The lowest BCUT2D eigenvalue weighted by molar-refractivity contribution is -0.385. The Balaban J connectivity index is 1.69. The number of carbonyl (C=O) groups excluding carboxylic acids is 1. The average molecular weight is 414 g/mol. The number of piperidine rings is 1. The highest BCUT2D eigenvalue weighted by molar-refractivity contribution is 5.96. The van der Waals surface area contributed by atoms with Crippen LogP contribution in [0.15, 0.2) is 24.3 Å². The topological polar surface area (TPSA) is 104 Å². The molecule has 1 amide bonds. The molecule has 3 rings (SSSR count). The summed E-state index contributed by atoms with van der Waals surface area (Å²) in [6, 6.07) is 8.03. The number of hydrogen-bond acceptors (Lipinski definition) is 5. The number of likely N-dealkylation sites (tertiary alicyclic amines) is 1. The van der Waals surface area contributed by atoms with Gasteiger partial charge < -0.3 is 5.32 Å². The molecule has 162 valence electrons. The highest BCUT2D eigenvalue weighted by Crippen LogP contribution is 2.24. The van der Waals surface area contributed by atoms with Gasteiger partial charge in [-0.3, -0.25) is 24.9 Å². The van der Waals surface area contributed by atoms with E-state index in [0.29, 0.717) is 30.5 Å². The molecule has 1 aliphatic rings. The van der Waals surface area contributed by atoms with Crippen molar-refractivity contribution in [3.05, 3.63) is 56.9 Å². The van der Waals surface area contributed by atoms with Crippen LogP contribution in [0.25, 0.3) is 0 Å². The van der Waals surface area contributed by atoms with Gasteiger partial charge >= 0.3 is 5.69 Å². The normalized spacial score (nSPS) is 19.6. The standard InChI is InChI=1S/C22H31N5O3/c1-4-7-19-21(27(29)30)20(25-24-19)22(28)23-11-17-8-5-6-9-18(17)14-26-12-15(2)10-16(3)13-26/h5-6,8-9,15-16H,4,7,10-14H2,1-3H3,(H,23,28)(H,24,25). The Hall–Kier alpha value is -2.74. The Morgan fingerprint density at radius 1 is 1.27 bits per heavy atom. The number of aryl methyl sites for hydroxylation is 1. The van der Waals surface area contributed by atoms with Crippen LogP contribution in [0, 0.1) is 22.0 Å². The summed E-state index contributed by atoms with van der Waals surface area (Å²) in [4.78, 5) is 26.0. The first-order valence-electron chi connectivity index (χ1n) is 10.7. The number of benzene rings is 1. The minimum Gasteiger partial charge on any atom is -0.346 e. The van der Waals surface area contributed by atoms with Crippen LogP contribution in [-0.4, -0.2) is 39.0 Å². The quantitative estimate of drug-likeness (QED) is 0.507. The highest BCUT2D eigenvalue weighted by Gasteiger charge is 2.28. The van der Waals surface area contributed by atoms with Gasteiger partial charge in [-0.05, 0) is 35.8 Å². The molecule has 1 aromatic carbocycles. The maximum absolute atomic E-state index is 12.6. The summed E-state index contributed by atoms with van der Waals surface area (Å²) >= 11 is 0. The van der Waals surface area contributed by atoms with E-state index in [0.717, 1.165) is 31.6 Å². The number of aromatic nitrogens is 2. The van der Waals surface area contributed by atoms with E-state index in [2.05, 4.69) is 40.3 Å². The van der Waals surface area contributed by atoms with E-state index in [-0.39, 0.29) is 11.4 Å². The van der Waals surface area contributed by atoms with Crippen LogP contribution in [0.1, 0.15) is 60.9 Å². The molecule has 30 heavy (non-hydrogen) atoms. The molecule has 0 aliphatic carbocycles. The minimum absolute atomic E-state index is 0.153. The fourth-order valence-corrected chi connectivity index (χ4v) is 4.46. The predicted molar refractivity (Wildman–Crippen MR) is 115 cm³/mol. The molecule has 2 atom stereocenters. The number of nitrogens with zero attached hydrogens (tertiary/aromatic N) is 3. The first-order valence-corrected chi connectivity index (χ1v) is 10.7. The summed E-state index contributed by atoms with van der Waals surface area (Å²) < 4.78 is 0. The van der Waals surface area contributed by atoms with Gasteiger partial charge in [0, 0.05) is 26.2 Å². The fraction of sp³-hybridized carbons (Fsp3) is 0.545. The zero-order valence-corrected chi connectivity index (χ0v) is 18.0. The molecule has 8 heteroatoms. The van der Waals surface area contributed by atoms with Gasteiger partial charge in [-0.1, -0.05) is 51.5 Å². The van der Waals surface area contributed by atoms with Crippen molar-refractivity contribution in [2.75, 3.05) is 13.1 Å². The number of rotatable bonds is 8. The number of hydrogen-bond donors (Lipinski definition) is 2. The lowest BCUT2D eigenvalue weighted by Crippen LogP contribution is -2.38. The van der Waals surface area contributed by atoms with E-state index in [9.17, 15) is 14.9 Å². The summed E-state index contributed by atoms with van der Waals surface area (Å²) in [6.07, 6.45) is 2.47. The van der Waals surface area contributed by atoms with Crippen molar-refractivity contribution in [3.63, 3.8) is 0 Å². The van der Waals surface area contributed by atoms with Crippen molar-refractivity contribution in [3.8, 4) is 0 Å². The SMILES string of the molecule is CCCc1[nH]nc(C(=O)NCc2ccccc2CN2CC(C)CC(C)C2)c1[N+](=O)[O-]. The molecule has 2 unspecified atom stereocenters. The Labute approximate surface area is 177 Å². The Bertz CT molecular complexity index is 885. The molecule has 1 fully saturated rings. The first-order chi connectivity index (χ1) is 14.4. The number of nitrogens with one attached hydrogen (secondary N) is 2. The van der Waals surface area contributed by atoms with Crippen LogP contribution >= 0.6 is 0 Å².